The first-order valence-corrected chi connectivity index (χ1v) is 18.9. The van der Waals surface area contributed by atoms with Crippen molar-refractivity contribution in [2.45, 2.75) is 180 Å². The van der Waals surface area contributed by atoms with Crippen molar-refractivity contribution in [2.24, 2.45) is 0 Å². The minimum Gasteiger partial charge on any atom is -0.297 e. The van der Waals surface area contributed by atoms with Crippen LogP contribution in [0.3, 0.4) is 0 Å². The molecule has 202 valence electrons. The second kappa shape index (κ2) is 17.3. The van der Waals surface area contributed by atoms with E-state index in [0.29, 0.717) is 12.1 Å². The standard InChI is InChI=1S/C30H60F2Si2/c1-9-11-13-15-17-19-21-23-25-33(31,29(3,4)5)27-28-34(32,30(6,7)8)26-24-22-20-18-16-14-12-10-2/h9-26H2,1-8H3. The molecule has 0 aliphatic heterocycles. The molecule has 0 N–H and O–H groups in total. The molecular weight excluding hydrogens is 454 g/mol. The minimum atomic E-state index is -3.36. The Morgan fingerprint density at radius 1 is 0.441 bits per heavy atom. The van der Waals surface area contributed by atoms with Crippen molar-refractivity contribution in [3.8, 4) is 11.1 Å². The molecule has 2 atom stereocenters. The van der Waals surface area contributed by atoms with Gasteiger partial charge in [0, 0.05) is 0 Å². The van der Waals surface area contributed by atoms with Crippen molar-refractivity contribution in [2.75, 3.05) is 0 Å². The molecule has 0 saturated heterocycles. The summed E-state index contributed by atoms with van der Waals surface area (Å²) in [6.07, 6.45) is 19.3. The van der Waals surface area contributed by atoms with Crippen LogP contribution in [-0.2, 0) is 0 Å². The van der Waals surface area contributed by atoms with Crippen molar-refractivity contribution >= 4 is 16.8 Å². The van der Waals surface area contributed by atoms with E-state index in [1.807, 2.05) is 41.5 Å². The zero-order valence-electron chi connectivity index (χ0n) is 24.5. The van der Waals surface area contributed by atoms with E-state index in [-0.39, 0.29) is 0 Å². The van der Waals surface area contributed by atoms with Gasteiger partial charge in [0.15, 0.2) is 0 Å². The fraction of sp³-hybridized carbons (Fsp3) is 0.933. The van der Waals surface area contributed by atoms with Crippen LogP contribution in [-0.4, -0.2) is 16.8 Å². The summed E-state index contributed by atoms with van der Waals surface area (Å²) in [4.78, 5) is 0. The Morgan fingerprint density at radius 2 is 0.676 bits per heavy atom. The summed E-state index contributed by atoms with van der Waals surface area (Å²) in [5.41, 5.74) is 6.17. The van der Waals surface area contributed by atoms with Crippen LogP contribution in [0.25, 0.3) is 0 Å². The molecule has 0 radical (unpaired) electrons. The average Bonchev–Trinajstić information content (AvgIpc) is 2.74. The quantitative estimate of drug-likeness (QED) is 0.0738. The Bertz CT molecular complexity index is 519. The molecule has 0 aromatic rings. The highest BCUT2D eigenvalue weighted by molar-refractivity contribution is 6.89. The van der Waals surface area contributed by atoms with Crippen molar-refractivity contribution in [3.05, 3.63) is 0 Å². The minimum absolute atomic E-state index is 0.465. The molecule has 2 unspecified atom stereocenters. The van der Waals surface area contributed by atoms with Crippen molar-refractivity contribution in [1.29, 1.82) is 0 Å². The fourth-order valence-electron chi connectivity index (χ4n) is 4.45. The highest BCUT2D eigenvalue weighted by Gasteiger charge is 2.48. The molecule has 0 aromatic heterocycles. The highest BCUT2D eigenvalue weighted by atomic mass is 28.4. The Labute approximate surface area is 216 Å². The lowest BCUT2D eigenvalue weighted by atomic mass is 10.1. The maximum Gasteiger partial charge on any atom is 0.327 e. The second-order valence-electron chi connectivity index (χ2n) is 12.8. The van der Waals surface area contributed by atoms with Gasteiger partial charge in [-0.1, -0.05) is 169 Å². The first-order valence-electron chi connectivity index (χ1n) is 14.7. The summed E-state index contributed by atoms with van der Waals surface area (Å²) in [5.74, 6) is 0. The lowest BCUT2D eigenvalue weighted by molar-refractivity contribution is 0.567. The molecule has 0 heterocycles. The molecule has 0 bridgehead atoms. The molecule has 0 saturated carbocycles. The van der Waals surface area contributed by atoms with E-state index in [4.69, 9.17) is 0 Å². The fourth-order valence-corrected chi connectivity index (χ4v) is 10.0. The SMILES string of the molecule is CCCCCCCCCC[Si](F)(C#C[Si](F)(CCCCCCCCCC)C(C)(C)C)C(C)(C)C. The number of unbranched alkanes of at least 4 members (excludes halogenated alkanes) is 14. The van der Waals surface area contributed by atoms with Crippen molar-refractivity contribution in [3.63, 3.8) is 0 Å². The predicted molar refractivity (Wildman–Crippen MR) is 156 cm³/mol. The van der Waals surface area contributed by atoms with Gasteiger partial charge in [0.25, 0.3) is 0 Å². The third-order valence-corrected chi connectivity index (χ3v) is 15.7. The molecule has 0 amide bonds. The summed E-state index contributed by atoms with van der Waals surface area (Å²) in [6.45, 7) is 16.4. The summed E-state index contributed by atoms with van der Waals surface area (Å²) in [5, 5.41) is -0.931. The van der Waals surface area contributed by atoms with E-state index in [0.717, 1.165) is 25.7 Å². The predicted octanol–water partition coefficient (Wildman–Crippen LogP) is 11.8. The lowest BCUT2D eigenvalue weighted by Gasteiger charge is -2.33. The maximum absolute atomic E-state index is 16.3. The number of hydrogen-bond donors (Lipinski definition) is 0. The third kappa shape index (κ3) is 13.8. The Balaban J connectivity index is 4.96. The van der Waals surface area contributed by atoms with E-state index in [1.165, 1.54) is 77.0 Å². The van der Waals surface area contributed by atoms with Gasteiger partial charge in [-0.05, 0) is 22.2 Å². The Kier molecular flexibility index (Phi) is 17.3. The molecule has 4 heteroatoms. The van der Waals surface area contributed by atoms with E-state index < -0.39 is 26.9 Å². The normalized spacial score (nSPS) is 15.9. The van der Waals surface area contributed by atoms with Gasteiger partial charge < -0.3 is 0 Å². The molecule has 34 heavy (non-hydrogen) atoms. The average molecular weight is 515 g/mol. The van der Waals surface area contributed by atoms with E-state index in [2.05, 4.69) is 24.9 Å². The van der Waals surface area contributed by atoms with Gasteiger partial charge in [-0.3, -0.25) is 8.22 Å². The second-order valence-corrected chi connectivity index (χ2v) is 20.5. The van der Waals surface area contributed by atoms with Crippen molar-refractivity contribution < 1.29 is 8.22 Å². The van der Waals surface area contributed by atoms with Crippen LogP contribution < -0.4 is 0 Å². The largest absolute Gasteiger partial charge is 0.327 e. The zero-order valence-corrected chi connectivity index (χ0v) is 26.5. The number of hydrogen-bond acceptors (Lipinski definition) is 0. The first-order chi connectivity index (χ1) is 15.8. The van der Waals surface area contributed by atoms with Gasteiger partial charge in [0.1, 0.15) is 0 Å². The van der Waals surface area contributed by atoms with Gasteiger partial charge in [-0.25, -0.2) is 0 Å². The molecular formula is C30H60F2Si2. The van der Waals surface area contributed by atoms with Gasteiger partial charge in [0.2, 0.25) is 0 Å². The summed E-state index contributed by atoms with van der Waals surface area (Å²) >= 11 is 0. The molecule has 0 aliphatic rings. The van der Waals surface area contributed by atoms with Gasteiger partial charge in [-0.2, -0.15) is 0 Å². The molecule has 0 fully saturated rings. The van der Waals surface area contributed by atoms with Crippen LogP contribution in [0.5, 0.6) is 0 Å². The Morgan fingerprint density at radius 3 is 0.912 bits per heavy atom. The van der Waals surface area contributed by atoms with Gasteiger partial charge in [-0.15, -0.1) is 0 Å². The van der Waals surface area contributed by atoms with E-state index in [9.17, 15) is 0 Å². The monoisotopic (exact) mass is 514 g/mol. The van der Waals surface area contributed by atoms with E-state index in [1.54, 1.807) is 0 Å². The van der Waals surface area contributed by atoms with Crippen LogP contribution in [0.15, 0.2) is 0 Å². The molecule has 0 aliphatic carbocycles. The first kappa shape index (κ1) is 33.9. The molecule has 0 aromatic carbocycles. The summed E-state index contributed by atoms with van der Waals surface area (Å²) in [7, 11) is -6.72. The number of rotatable bonds is 18. The topological polar surface area (TPSA) is 0 Å². The van der Waals surface area contributed by atoms with Gasteiger partial charge >= 0.3 is 16.8 Å². The van der Waals surface area contributed by atoms with E-state index >= 15 is 8.22 Å². The molecule has 0 spiro atoms. The summed E-state index contributed by atoms with van der Waals surface area (Å²) in [6, 6.07) is 1.12. The summed E-state index contributed by atoms with van der Waals surface area (Å²) < 4.78 is 32.6. The zero-order chi connectivity index (χ0) is 26.1. The van der Waals surface area contributed by atoms with Crippen LogP contribution in [0.4, 0.5) is 8.22 Å². The van der Waals surface area contributed by atoms with Crippen LogP contribution in [0.1, 0.15) is 158 Å². The van der Waals surface area contributed by atoms with Crippen LogP contribution >= 0.6 is 0 Å². The highest BCUT2D eigenvalue weighted by Crippen LogP contribution is 2.43. The lowest BCUT2D eigenvalue weighted by Crippen LogP contribution is -2.42. The Hall–Kier alpha value is -0.146. The molecule has 0 nitrogen and oxygen atoms in total. The maximum atomic E-state index is 16.3. The van der Waals surface area contributed by atoms with Gasteiger partial charge in [0.05, 0.1) is 0 Å². The van der Waals surface area contributed by atoms with Crippen molar-refractivity contribution in [1.82, 2.24) is 0 Å². The van der Waals surface area contributed by atoms with Crippen LogP contribution in [0.2, 0.25) is 22.2 Å². The molecule has 0 rings (SSSR count). The van der Waals surface area contributed by atoms with Crippen LogP contribution in [0, 0.1) is 11.1 Å². The number of halogens is 2. The smallest absolute Gasteiger partial charge is 0.297 e. The third-order valence-electron chi connectivity index (χ3n) is 7.59.